The van der Waals surface area contributed by atoms with Crippen LogP contribution < -0.4 is 13.6 Å². The van der Waals surface area contributed by atoms with Gasteiger partial charge in [-0.1, -0.05) is 36.4 Å². The molecule has 26 heavy (non-hydrogen) atoms. The fraction of sp³-hybridized carbons (Fsp3) is 0.0526. The fourth-order valence-corrected chi connectivity index (χ4v) is 3.32. The molecule has 0 amide bonds. The maximum atomic E-state index is 13.8. The summed E-state index contributed by atoms with van der Waals surface area (Å²) in [5.41, 5.74) is -0.167. The van der Waals surface area contributed by atoms with Gasteiger partial charge in [-0.2, -0.15) is 4.57 Å². The van der Waals surface area contributed by atoms with Crippen LogP contribution in [0.1, 0.15) is 5.56 Å². The molecule has 0 atom stereocenters. The Labute approximate surface area is 149 Å². The maximum absolute atomic E-state index is 13.8. The average Bonchev–Trinajstić information content (AvgIpc) is 2.61. The van der Waals surface area contributed by atoms with Gasteiger partial charge in [-0.15, -0.1) is 0 Å². The molecule has 3 aromatic rings. The summed E-state index contributed by atoms with van der Waals surface area (Å²) in [7, 11) is -4.27. The van der Waals surface area contributed by atoms with Crippen LogP contribution in [0.15, 0.2) is 72.8 Å². The van der Waals surface area contributed by atoms with Gasteiger partial charge in [0.2, 0.25) is 0 Å². The molecule has 4 nitrogen and oxygen atoms in total. The van der Waals surface area contributed by atoms with E-state index in [-0.39, 0.29) is 22.8 Å². The Morgan fingerprint density at radius 2 is 1.08 bits per heavy atom. The minimum absolute atomic E-state index is 0.167. The Kier molecular flexibility index (Phi) is 5.24. The van der Waals surface area contributed by atoms with Crippen LogP contribution in [0.2, 0.25) is 0 Å². The highest BCUT2D eigenvalue weighted by molar-refractivity contribution is 7.49. The molecule has 3 aromatic carbocycles. The zero-order chi connectivity index (χ0) is 18.6. The Balaban J connectivity index is 1.93. The van der Waals surface area contributed by atoms with Gasteiger partial charge in [0.15, 0.2) is 0 Å². The van der Waals surface area contributed by atoms with Crippen LogP contribution in [0.5, 0.6) is 17.2 Å². The molecule has 0 aliphatic rings. The molecule has 3 rings (SSSR count). The first-order valence-electron chi connectivity index (χ1n) is 7.70. The SMILES string of the molecule is Cc1c(F)cc(OP(=O)(Oc2ccccc2)Oc2ccccc2)cc1F. The molecule has 0 heterocycles. The number of halogens is 2. The standard InChI is InChI=1S/C19H15F2O4P/c1-14-18(20)12-17(13-19(14)21)25-26(22,23-15-8-4-2-5-9-15)24-16-10-6-3-7-11-16/h2-13H,1H3. The van der Waals surface area contributed by atoms with Crippen LogP contribution >= 0.6 is 7.82 Å². The van der Waals surface area contributed by atoms with Crippen molar-refractivity contribution >= 4 is 7.82 Å². The first-order valence-corrected chi connectivity index (χ1v) is 9.16. The van der Waals surface area contributed by atoms with E-state index >= 15 is 0 Å². The molecule has 0 unspecified atom stereocenters. The first-order chi connectivity index (χ1) is 12.5. The van der Waals surface area contributed by atoms with Crippen LogP contribution in [-0.2, 0) is 4.57 Å². The molecule has 0 spiro atoms. The second-order valence-corrected chi connectivity index (χ2v) is 6.80. The monoisotopic (exact) mass is 376 g/mol. The first kappa shape index (κ1) is 18.0. The molecule has 0 aliphatic heterocycles. The minimum atomic E-state index is -4.27. The van der Waals surface area contributed by atoms with Crippen molar-refractivity contribution in [2.24, 2.45) is 0 Å². The van der Waals surface area contributed by atoms with E-state index in [2.05, 4.69) is 0 Å². The van der Waals surface area contributed by atoms with E-state index in [0.717, 1.165) is 12.1 Å². The van der Waals surface area contributed by atoms with Crippen LogP contribution in [0.25, 0.3) is 0 Å². The number of hydrogen-bond acceptors (Lipinski definition) is 4. The minimum Gasteiger partial charge on any atom is -0.386 e. The Bertz CT molecular complexity index is 864. The summed E-state index contributed by atoms with van der Waals surface area (Å²) in [5.74, 6) is -1.52. The molecular weight excluding hydrogens is 361 g/mol. The predicted octanol–water partition coefficient (Wildman–Crippen LogP) is 5.92. The molecule has 0 N–H and O–H groups in total. The third kappa shape index (κ3) is 4.41. The smallest absolute Gasteiger partial charge is 0.386 e. The molecule has 0 bridgehead atoms. The van der Waals surface area contributed by atoms with E-state index in [1.165, 1.54) is 6.92 Å². The second-order valence-electron chi connectivity index (χ2n) is 5.36. The van der Waals surface area contributed by atoms with Crippen molar-refractivity contribution in [2.45, 2.75) is 6.92 Å². The van der Waals surface area contributed by atoms with Crippen LogP contribution in [0.4, 0.5) is 8.78 Å². The molecule has 0 aromatic heterocycles. The van der Waals surface area contributed by atoms with Gasteiger partial charge in [-0.25, -0.2) is 8.78 Å². The van der Waals surface area contributed by atoms with Gasteiger partial charge in [0.05, 0.1) is 0 Å². The van der Waals surface area contributed by atoms with E-state index in [1.54, 1.807) is 60.7 Å². The number of para-hydroxylation sites is 2. The highest BCUT2D eigenvalue weighted by Gasteiger charge is 2.33. The van der Waals surface area contributed by atoms with Crippen molar-refractivity contribution in [1.82, 2.24) is 0 Å². The highest BCUT2D eigenvalue weighted by Crippen LogP contribution is 2.49. The lowest BCUT2D eigenvalue weighted by molar-refractivity contribution is 0.297. The predicted molar refractivity (Wildman–Crippen MR) is 93.5 cm³/mol. The summed E-state index contributed by atoms with van der Waals surface area (Å²) in [6, 6.07) is 18.3. The molecule has 0 saturated carbocycles. The summed E-state index contributed by atoms with van der Waals surface area (Å²) in [5, 5.41) is 0. The van der Waals surface area contributed by atoms with E-state index in [0.29, 0.717) is 0 Å². The Morgan fingerprint density at radius 3 is 1.50 bits per heavy atom. The van der Waals surface area contributed by atoms with Crippen molar-refractivity contribution < 1.29 is 26.9 Å². The third-order valence-electron chi connectivity index (χ3n) is 3.39. The molecule has 0 aliphatic carbocycles. The van der Waals surface area contributed by atoms with Crippen molar-refractivity contribution in [3.05, 3.63) is 90.0 Å². The summed E-state index contributed by atoms with van der Waals surface area (Å²) in [6.45, 7) is 1.29. The van der Waals surface area contributed by atoms with E-state index in [1.807, 2.05) is 0 Å². The molecule has 0 fully saturated rings. The van der Waals surface area contributed by atoms with Crippen molar-refractivity contribution in [1.29, 1.82) is 0 Å². The summed E-state index contributed by atoms with van der Waals surface area (Å²) in [4.78, 5) is 0. The summed E-state index contributed by atoms with van der Waals surface area (Å²) < 4.78 is 56.7. The molecule has 0 radical (unpaired) electrons. The molecule has 134 valence electrons. The highest BCUT2D eigenvalue weighted by atomic mass is 31.2. The number of phosphoric ester groups is 1. The van der Waals surface area contributed by atoms with Crippen molar-refractivity contribution in [3.8, 4) is 17.2 Å². The van der Waals surface area contributed by atoms with Crippen LogP contribution in [0, 0.1) is 18.6 Å². The number of hydrogen-bond donors (Lipinski definition) is 0. The lowest BCUT2D eigenvalue weighted by Gasteiger charge is -2.19. The summed E-state index contributed by atoms with van der Waals surface area (Å²) in [6.07, 6.45) is 0. The van der Waals surface area contributed by atoms with E-state index < -0.39 is 19.5 Å². The lowest BCUT2D eigenvalue weighted by atomic mass is 10.2. The van der Waals surface area contributed by atoms with Crippen LogP contribution in [0.3, 0.4) is 0 Å². The second kappa shape index (κ2) is 7.58. The van der Waals surface area contributed by atoms with Gasteiger partial charge in [-0.3, -0.25) is 0 Å². The molecular formula is C19H15F2O4P. The topological polar surface area (TPSA) is 44.8 Å². The Hall–Kier alpha value is -2.85. The largest absolute Gasteiger partial charge is 0.647 e. The molecule has 0 saturated heterocycles. The zero-order valence-corrected chi connectivity index (χ0v) is 14.7. The van der Waals surface area contributed by atoms with Gasteiger partial charge in [0.1, 0.15) is 28.9 Å². The van der Waals surface area contributed by atoms with Gasteiger partial charge in [-0.05, 0) is 31.2 Å². The molecule has 7 heteroatoms. The maximum Gasteiger partial charge on any atom is 0.647 e. The van der Waals surface area contributed by atoms with E-state index in [4.69, 9.17) is 13.6 Å². The number of rotatable bonds is 6. The number of phosphoric acid groups is 1. The summed E-state index contributed by atoms with van der Waals surface area (Å²) >= 11 is 0. The average molecular weight is 376 g/mol. The lowest BCUT2D eigenvalue weighted by Crippen LogP contribution is -2.08. The van der Waals surface area contributed by atoms with Gasteiger partial charge in [0, 0.05) is 17.7 Å². The van der Waals surface area contributed by atoms with Gasteiger partial charge >= 0.3 is 7.82 Å². The normalized spacial score (nSPS) is 11.0. The fourth-order valence-electron chi connectivity index (χ4n) is 2.08. The zero-order valence-electron chi connectivity index (χ0n) is 13.8. The van der Waals surface area contributed by atoms with Gasteiger partial charge < -0.3 is 13.6 Å². The van der Waals surface area contributed by atoms with Crippen molar-refractivity contribution in [2.75, 3.05) is 0 Å². The van der Waals surface area contributed by atoms with Gasteiger partial charge in [0.25, 0.3) is 0 Å². The third-order valence-corrected chi connectivity index (χ3v) is 4.70. The number of benzene rings is 3. The van der Waals surface area contributed by atoms with Crippen LogP contribution in [-0.4, -0.2) is 0 Å². The van der Waals surface area contributed by atoms with Crippen molar-refractivity contribution in [3.63, 3.8) is 0 Å². The van der Waals surface area contributed by atoms with E-state index in [9.17, 15) is 13.3 Å². The quantitative estimate of drug-likeness (QED) is 0.501. The Morgan fingerprint density at radius 1 is 0.692 bits per heavy atom.